The molecule has 2 aromatic heterocycles. The molecule has 1 aliphatic rings. The van der Waals surface area contributed by atoms with Gasteiger partial charge in [-0.15, -0.1) is 0 Å². The molecule has 114 valence electrons. The number of aryl methyl sites for hydroxylation is 3. The fraction of sp³-hybridized carbons (Fsp3) is 0.238. The number of hydrogen-bond acceptors (Lipinski definition) is 1. The van der Waals surface area contributed by atoms with Crippen LogP contribution in [-0.4, -0.2) is 4.98 Å². The minimum absolute atomic E-state index is 0.919. The van der Waals surface area contributed by atoms with Gasteiger partial charge in [-0.1, -0.05) is 17.7 Å². The topological polar surface area (TPSA) is 16.8 Å². The average molecular weight is 301 g/mol. The van der Waals surface area contributed by atoms with Crippen LogP contribution in [0.1, 0.15) is 27.9 Å². The highest BCUT2D eigenvalue weighted by Crippen LogP contribution is 2.40. The Kier molecular flexibility index (Phi) is 3.08. The normalized spacial score (nSPS) is 12.2. The number of pyridine rings is 2. The Labute approximate surface area is 137 Å². The Bertz CT molecular complexity index is 939. The molecule has 0 bridgehead atoms. The Morgan fingerprint density at radius 1 is 1.00 bits per heavy atom. The van der Waals surface area contributed by atoms with E-state index in [1.807, 2.05) is 12.3 Å². The third-order valence-corrected chi connectivity index (χ3v) is 5.02. The number of rotatable bonds is 1. The molecule has 0 saturated heterocycles. The van der Waals surface area contributed by atoms with Gasteiger partial charge in [0.25, 0.3) is 0 Å². The second-order valence-corrected chi connectivity index (χ2v) is 6.60. The minimum atomic E-state index is 0.919. The summed E-state index contributed by atoms with van der Waals surface area (Å²) in [5.41, 5.74) is 11.9. The molecule has 0 fully saturated rings. The Morgan fingerprint density at radius 3 is 2.65 bits per heavy atom. The molecular weight excluding hydrogens is 280 g/mol. The van der Waals surface area contributed by atoms with E-state index in [4.69, 9.17) is 0 Å². The van der Waals surface area contributed by atoms with Gasteiger partial charge in [0, 0.05) is 35.4 Å². The molecule has 2 heteroatoms. The standard InChI is InChI=1S/C21H21N2/c1-13-10-14(2)15(3)18(11-13)21-19-12-20-17(6-5-8-22-20)16(19)7-9-23(21)4/h5-11H,12H2,1-4H3/q+1. The van der Waals surface area contributed by atoms with E-state index in [1.54, 1.807) is 0 Å². The smallest absolute Gasteiger partial charge is 0.216 e. The van der Waals surface area contributed by atoms with Gasteiger partial charge in [0.15, 0.2) is 6.20 Å². The predicted octanol–water partition coefficient (Wildman–Crippen LogP) is 4.07. The first-order valence-electron chi connectivity index (χ1n) is 8.10. The van der Waals surface area contributed by atoms with Gasteiger partial charge in [-0.25, -0.2) is 4.57 Å². The Balaban J connectivity index is 2.03. The Hall–Kier alpha value is -2.48. The summed E-state index contributed by atoms with van der Waals surface area (Å²) in [7, 11) is 2.14. The highest BCUT2D eigenvalue weighted by Gasteiger charge is 2.29. The fourth-order valence-corrected chi connectivity index (χ4v) is 3.76. The molecule has 0 unspecified atom stereocenters. The third kappa shape index (κ3) is 2.09. The monoisotopic (exact) mass is 301 g/mol. The molecular formula is C21H21N2+. The van der Waals surface area contributed by atoms with Gasteiger partial charge in [0.2, 0.25) is 5.69 Å². The molecule has 4 rings (SSSR count). The summed E-state index contributed by atoms with van der Waals surface area (Å²) in [6, 6.07) is 11.0. The van der Waals surface area contributed by atoms with Crippen molar-refractivity contribution in [3.8, 4) is 22.4 Å². The number of benzene rings is 1. The summed E-state index contributed by atoms with van der Waals surface area (Å²) in [5.74, 6) is 0. The summed E-state index contributed by atoms with van der Waals surface area (Å²) >= 11 is 0. The quantitative estimate of drug-likeness (QED) is 0.484. The maximum Gasteiger partial charge on any atom is 0.216 e. The maximum absolute atomic E-state index is 4.59. The summed E-state index contributed by atoms with van der Waals surface area (Å²) < 4.78 is 2.26. The molecule has 2 nitrogen and oxygen atoms in total. The first-order chi connectivity index (χ1) is 11.1. The minimum Gasteiger partial charge on any atom is -0.260 e. The number of nitrogens with zero attached hydrogens (tertiary/aromatic N) is 2. The van der Waals surface area contributed by atoms with Crippen LogP contribution in [0.5, 0.6) is 0 Å². The fourth-order valence-electron chi connectivity index (χ4n) is 3.76. The van der Waals surface area contributed by atoms with Crippen LogP contribution in [0.2, 0.25) is 0 Å². The zero-order valence-electron chi connectivity index (χ0n) is 14.1. The second kappa shape index (κ2) is 5.02. The first kappa shape index (κ1) is 14.1. The van der Waals surface area contributed by atoms with Crippen LogP contribution in [0.4, 0.5) is 0 Å². The highest BCUT2D eigenvalue weighted by atomic mass is 14.9. The molecule has 0 radical (unpaired) electrons. The van der Waals surface area contributed by atoms with Crippen molar-refractivity contribution in [1.82, 2.24) is 4.98 Å². The number of aromatic nitrogens is 2. The summed E-state index contributed by atoms with van der Waals surface area (Å²) in [6.07, 6.45) is 4.99. The molecule has 0 atom stereocenters. The van der Waals surface area contributed by atoms with E-state index in [9.17, 15) is 0 Å². The van der Waals surface area contributed by atoms with Crippen LogP contribution in [0.25, 0.3) is 22.4 Å². The van der Waals surface area contributed by atoms with Gasteiger partial charge in [-0.05, 0) is 49.6 Å². The first-order valence-corrected chi connectivity index (χ1v) is 8.10. The Morgan fingerprint density at radius 2 is 1.83 bits per heavy atom. The summed E-state index contributed by atoms with van der Waals surface area (Å²) in [6.45, 7) is 6.60. The number of fused-ring (bicyclic) bond motifs is 3. The lowest BCUT2D eigenvalue weighted by molar-refractivity contribution is -0.660. The van der Waals surface area contributed by atoms with Crippen LogP contribution in [-0.2, 0) is 13.5 Å². The molecule has 0 spiro atoms. The lowest BCUT2D eigenvalue weighted by atomic mass is 9.93. The van der Waals surface area contributed by atoms with Crippen molar-refractivity contribution >= 4 is 0 Å². The molecule has 3 aromatic rings. The largest absolute Gasteiger partial charge is 0.260 e. The van der Waals surface area contributed by atoms with E-state index in [-0.39, 0.29) is 0 Å². The van der Waals surface area contributed by atoms with Crippen LogP contribution in [0.15, 0.2) is 42.7 Å². The second-order valence-electron chi connectivity index (χ2n) is 6.60. The highest BCUT2D eigenvalue weighted by molar-refractivity contribution is 5.81. The van der Waals surface area contributed by atoms with Gasteiger partial charge < -0.3 is 0 Å². The zero-order chi connectivity index (χ0) is 16.1. The molecule has 0 saturated carbocycles. The van der Waals surface area contributed by atoms with Gasteiger partial charge in [0.1, 0.15) is 7.05 Å². The molecule has 0 amide bonds. The van der Waals surface area contributed by atoms with E-state index in [1.165, 1.54) is 50.3 Å². The number of hydrogen-bond donors (Lipinski definition) is 0. The molecule has 1 aliphatic carbocycles. The van der Waals surface area contributed by atoms with E-state index < -0.39 is 0 Å². The van der Waals surface area contributed by atoms with Crippen molar-refractivity contribution in [3.05, 3.63) is 70.7 Å². The SMILES string of the molecule is Cc1cc(C)c(C)c(-c2c3c(cc[n+]2C)-c2cccnc2C3)c1. The van der Waals surface area contributed by atoms with E-state index >= 15 is 0 Å². The average Bonchev–Trinajstić information content (AvgIpc) is 2.89. The summed E-state index contributed by atoms with van der Waals surface area (Å²) in [5, 5.41) is 0. The molecule has 1 aromatic carbocycles. The van der Waals surface area contributed by atoms with Gasteiger partial charge in [-0.2, -0.15) is 0 Å². The van der Waals surface area contributed by atoms with Crippen molar-refractivity contribution in [3.63, 3.8) is 0 Å². The van der Waals surface area contributed by atoms with Gasteiger partial charge >= 0.3 is 0 Å². The summed E-state index contributed by atoms with van der Waals surface area (Å²) in [4.78, 5) is 4.59. The third-order valence-electron chi connectivity index (χ3n) is 5.02. The van der Waals surface area contributed by atoms with E-state index in [2.05, 4.69) is 67.8 Å². The van der Waals surface area contributed by atoms with Crippen LogP contribution >= 0.6 is 0 Å². The van der Waals surface area contributed by atoms with Crippen molar-refractivity contribution in [2.24, 2.45) is 7.05 Å². The molecule has 2 heterocycles. The van der Waals surface area contributed by atoms with Crippen LogP contribution in [0.3, 0.4) is 0 Å². The van der Waals surface area contributed by atoms with Crippen LogP contribution in [0, 0.1) is 20.8 Å². The van der Waals surface area contributed by atoms with Crippen molar-refractivity contribution < 1.29 is 4.57 Å². The van der Waals surface area contributed by atoms with Gasteiger partial charge in [-0.3, -0.25) is 4.98 Å². The van der Waals surface area contributed by atoms with E-state index in [0.29, 0.717) is 0 Å². The van der Waals surface area contributed by atoms with Crippen molar-refractivity contribution in [2.45, 2.75) is 27.2 Å². The predicted molar refractivity (Wildman–Crippen MR) is 93.3 cm³/mol. The lowest BCUT2D eigenvalue weighted by Gasteiger charge is -2.12. The lowest BCUT2D eigenvalue weighted by Crippen LogP contribution is -2.32. The van der Waals surface area contributed by atoms with Gasteiger partial charge in [0.05, 0.1) is 5.69 Å². The zero-order valence-corrected chi connectivity index (χ0v) is 14.1. The molecule has 0 aliphatic heterocycles. The van der Waals surface area contributed by atoms with E-state index in [0.717, 1.165) is 6.42 Å². The van der Waals surface area contributed by atoms with Crippen molar-refractivity contribution in [2.75, 3.05) is 0 Å². The van der Waals surface area contributed by atoms with Crippen LogP contribution < -0.4 is 4.57 Å². The molecule has 23 heavy (non-hydrogen) atoms. The maximum atomic E-state index is 4.59. The molecule has 0 N–H and O–H groups in total. The van der Waals surface area contributed by atoms with Crippen molar-refractivity contribution in [1.29, 1.82) is 0 Å².